The molecule has 0 spiro atoms. The molecule has 0 fully saturated rings. The highest BCUT2D eigenvalue weighted by atomic mass is 15.5. The van der Waals surface area contributed by atoms with Crippen molar-refractivity contribution in [2.75, 3.05) is 5.73 Å². The Morgan fingerprint density at radius 2 is 2.12 bits per heavy atom. The maximum atomic E-state index is 5.85. The van der Waals surface area contributed by atoms with Crippen LogP contribution < -0.4 is 5.73 Å². The first kappa shape index (κ1) is 11.6. The zero-order chi connectivity index (χ0) is 12.4. The molecule has 1 atom stereocenters. The van der Waals surface area contributed by atoms with Crippen LogP contribution in [0.1, 0.15) is 31.9 Å². The minimum Gasteiger partial charge on any atom is -0.399 e. The number of aryl methyl sites for hydroxylation is 1. The normalized spacial score (nSPS) is 12.6. The Bertz CT molecular complexity index is 497. The third-order valence-corrected chi connectivity index (χ3v) is 2.86. The van der Waals surface area contributed by atoms with Crippen LogP contribution in [-0.4, -0.2) is 20.2 Å². The number of aromatic nitrogens is 4. The smallest absolute Gasteiger partial charge is 0.182 e. The van der Waals surface area contributed by atoms with Crippen LogP contribution in [0.4, 0.5) is 5.69 Å². The molecule has 0 bridgehead atoms. The lowest BCUT2D eigenvalue weighted by Crippen LogP contribution is -2.08. The highest BCUT2D eigenvalue weighted by molar-refractivity contribution is 5.62. The molecular weight excluding hydrogens is 214 g/mol. The molecule has 0 amide bonds. The standard InChI is InChI=1S/C12H17N5/c1-4-9(3)17-12(14-15-16-17)10-5-8(2)6-11(13)7-10/h5-7,9H,4,13H2,1-3H3. The lowest BCUT2D eigenvalue weighted by Gasteiger charge is -2.11. The maximum Gasteiger partial charge on any atom is 0.182 e. The molecule has 0 saturated heterocycles. The van der Waals surface area contributed by atoms with E-state index in [1.165, 1.54) is 0 Å². The van der Waals surface area contributed by atoms with Gasteiger partial charge in [-0.1, -0.05) is 6.92 Å². The molecule has 17 heavy (non-hydrogen) atoms. The molecule has 90 valence electrons. The largest absolute Gasteiger partial charge is 0.399 e. The van der Waals surface area contributed by atoms with Gasteiger partial charge in [-0.3, -0.25) is 0 Å². The molecule has 2 aromatic rings. The van der Waals surface area contributed by atoms with Gasteiger partial charge in [-0.15, -0.1) is 5.10 Å². The van der Waals surface area contributed by atoms with Crippen molar-refractivity contribution in [1.29, 1.82) is 0 Å². The Morgan fingerprint density at radius 1 is 1.35 bits per heavy atom. The van der Waals surface area contributed by atoms with Crippen molar-refractivity contribution in [2.45, 2.75) is 33.2 Å². The molecule has 5 heteroatoms. The minimum absolute atomic E-state index is 0.279. The molecule has 2 N–H and O–H groups in total. The fourth-order valence-electron chi connectivity index (χ4n) is 1.80. The van der Waals surface area contributed by atoms with Gasteiger partial charge in [0.05, 0.1) is 6.04 Å². The molecule has 0 aliphatic heterocycles. The van der Waals surface area contributed by atoms with Gasteiger partial charge in [0.2, 0.25) is 0 Å². The molecule has 0 aliphatic carbocycles. The predicted molar refractivity (Wildman–Crippen MR) is 67.4 cm³/mol. The monoisotopic (exact) mass is 231 g/mol. The van der Waals surface area contributed by atoms with E-state index in [0.29, 0.717) is 0 Å². The van der Waals surface area contributed by atoms with Gasteiger partial charge in [-0.2, -0.15) is 0 Å². The number of benzene rings is 1. The third-order valence-electron chi connectivity index (χ3n) is 2.86. The second kappa shape index (κ2) is 4.53. The summed E-state index contributed by atoms with van der Waals surface area (Å²) in [5.41, 5.74) is 8.66. The number of hydrogen-bond acceptors (Lipinski definition) is 4. The van der Waals surface area contributed by atoms with E-state index in [0.717, 1.165) is 29.1 Å². The van der Waals surface area contributed by atoms with Crippen molar-refractivity contribution in [3.63, 3.8) is 0 Å². The molecule has 0 saturated carbocycles. The van der Waals surface area contributed by atoms with Crippen LogP contribution in [0.5, 0.6) is 0 Å². The highest BCUT2D eigenvalue weighted by Gasteiger charge is 2.13. The maximum absolute atomic E-state index is 5.85. The Hall–Kier alpha value is -1.91. The van der Waals surface area contributed by atoms with E-state index >= 15 is 0 Å². The van der Waals surface area contributed by atoms with Crippen LogP contribution in [0.15, 0.2) is 18.2 Å². The molecular formula is C12H17N5. The molecule has 0 radical (unpaired) electrons. The van der Waals surface area contributed by atoms with Gasteiger partial charge in [-0.05, 0) is 54.5 Å². The number of hydrogen-bond donors (Lipinski definition) is 1. The van der Waals surface area contributed by atoms with Crippen LogP contribution in [0.25, 0.3) is 11.4 Å². The molecule has 2 rings (SSSR count). The molecule has 1 unspecified atom stereocenters. The quantitative estimate of drug-likeness (QED) is 0.822. The summed E-state index contributed by atoms with van der Waals surface area (Å²) < 4.78 is 1.84. The average Bonchev–Trinajstić information content (AvgIpc) is 2.75. The third kappa shape index (κ3) is 2.27. The lowest BCUT2D eigenvalue weighted by atomic mass is 10.1. The van der Waals surface area contributed by atoms with Crippen LogP contribution in [0, 0.1) is 6.92 Å². The second-order valence-electron chi connectivity index (χ2n) is 4.34. The van der Waals surface area contributed by atoms with Crippen molar-refractivity contribution in [3.8, 4) is 11.4 Å². The van der Waals surface area contributed by atoms with Gasteiger partial charge in [0.15, 0.2) is 5.82 Å². The van der Waals surface area contributed by atoms with E-state index in [2.05, 4.69) is 29.4 Å². The first-order chi connectivity index (χ1) is 8.11. The van der Waals surface area contributed by atoms with Crippen molar-refractivity contribution in [3.05, 3.63) is 23.8 Å². The van der Waals surface area contributed by atoms with E-state index in [-0.39, 0.29) is 6.04 Å². The van der Waals surface area contributed by atoms with Gasteiger partial charge in [0.25, 0.3) is 0 Å². The fraction of sp³-hybridized carbons (Fsp3) is 0.417. The fourth-order valence-corrected chi connectivity index (χ4v) is 1.80. The van der Waals surface area contributed by atoms with E-state index in [1.807, 2.05) is 29.8 Å². The number of anilines is 1. The number of nitrogens with zero attached hydrogens (tertiary/aromatic N) is 4. The second-order valence-corrected chi connectivity index (χ2v) is 4.34. The van der Waals surface area contributed by atoms with Crippen molar-refractivity contribution in [2.24, 2.45) is 0 Å². The Balaban J connectivity index is 2.49. The summed E-state index contributed by atoms with van der Waals surface area (Å²) >= 11 is 0. The number of rotatable bonds is 3. The average molecular weight is 231 g/mol. The SMILES string of the molecule is CCC(C)n1nnnc1-c1cc(C)cc(N)c1. The van der Waals surface area contributed by atoms with E-state index in [1.54, 1.807) is 0 Å². The summed E-state index contributed by atoms with van der Waals surface area (Å²) in [5.74, 6) is 0.773. The zero-order valence-electron chi connectivity index (χ0n) is 10.4. The predicted octanol–water partition coefficient (Wildman–Crippen LogP) is 2.20. The van der Waals surface area contributed by atoms with Crippen LogP contribution in [0.3, 0.4) is 0 Å². The van der Waals surface area contributed by atoms with Gasteiger partial charge in [0, 0.05) is 11.3 Å². The molecule has 1 aromatic carbocycles. The van der Waals surface area contributed by atoms with E-state index < -0.39 is 0 Å². The molecule has 1 aromatic heterocycles. The van der Waals surface area contributed by atoms with Gasteiger partial charge in [0.1, 0.15) is 0 Å². The Kier molecular flexibility index (Phi) is 3.08. The summed E-state index contributed by atoms with van der Waals surface area (Å²) in [6.07, 6.45) is 0.985. The van der Waals surface area contributed by atoms with E-state index in [9.17, 15) is 0 Å². The van der Waals surface area contributed by atoms with Crippen molar-refractivity contribution >= 4 is 5.69 Å². The summed E-state index contributed by atoms with van der Waals surface area (Å²) in [4.78, 5) is 0. The van der Waals surface area contributed by atoms with Crippen LogP contribution >= 0.6 is 0 Å². The van der Waals surface area contributed by atoms with Crippen LogP contribution in [-0.2, 0) is 0 Å². The van der Waals surface area contributed by atoms with Crippen molar-refractivity contribution < 1.29 is 0 Å². The van der Waals surface area contributed by atoms with Crippen molar-refractivity contribution in [1.82, 2.24) is 20.2 Å². The Morgan fingerprint density at radius 3 is 2.76 bits per heavy atom. The molecule has 0 aliphatic rings. The zero-order valence-corrected chi connectivity index (χ0v) is 10.4. The van der Waals surface area contributed by atoms with E-state index in [4.69, 9.17) is 5.73 Å². The first-order valence-corrected chi connectivity index (χ1v) is 5.77. The van der Waals surface area contributed by atoms with Gasteiger partial charge < -0.3 is 5.73 Å². The van der Waals surface area contributed by atoms with Crippen LogP contribution in [0.2, 0.25) is 0 Å². The number of tetrazole rings is 1. The summed E-state index contributed by atoms with van der Waals surface area (Å²) in [7, 11) is 0. The first-order valence-electron chi connectivity index (χ1n) is 5.77. The summed E-state index contributed by atoms with van der Waals surface area (Å²) in [6, 6.07) is 6.15. The number of nitrogen functional groups attached to an aromatic ring is 1. The molecule has 1 heterocycles. The summed E-state index contributed by atoms with van der Waals surface area (Å²) in [5, 5.41) is 11.9. The minimum atomic E-state index is 0.279. The highest BCUT2D eigenvalue weighted by Crippen LogP contribution is 2.23. The summed E-state index contributed by atoms with van der Waals surface area (Å²) in [6.45, 7) is 6.22. The van der Waals surface area contributed by atoms with Gasteiger partial charge in [-0.25, -0.2) is 4.68 Å². The Labute approximate surface area is 101 Å². The van der Waals surface area contributed by atoms with Gasteiger partial charge >= 0.3 is 0 Å². The molecule has 5 nitrogen and oxygen atoms in total. The lowest BCUT2D eigenvalue weighted by molar-refractivity contribution is 0.469. The number of nitrogens with two attached hydrogens (primary N) is 1. The topological polar surface area (TPSA) is 69.6 Å².